The molecule has 0 aliphatic rings. The van der Waals surface area contributed by atoms with Gasteiger partial charge in [-0.1, -0.05) is 23.4 Å². The Morgan fingerprint density at radius 2 is 2.35 bits per heavy atom. The molecule has 2 aromatic rings. The van der Waals surface area contributed by atoms with Gasteiger partial charge in [-0.15, -0.1) is 6.58 Å². The van der Waals surface area contributed by atoms with E-state index in [1.54, 1.807) is 19.3 Å². The summed E-state index contributed by atoms with van der Waals surface area (Å²) in [7, 11) is 1.61. The summed E-state index contributed by atoms with van der Waals surface area (Å²) in [6.45, 7) is 3.98. The fourth-order valence-electron chi connectivity index (χ4n) is 1.72. The van der Waals surface area contributed by atoms with Crippen molar-refractivity contribution in [3.05, 3.63) is 48.7 Å². The molecule has 0 bridgehead atoms. The van der Waals surface area contributed by atoms with Crippen LogP contribution in [0.5, 0.6) is 5.75 Å². The number of nitrogens with zero attached hydrogens (tertiary/aromatic N) is 1. The minimum Gasteiger partial charge on any atom is -0.497 e. The van der Waals surface area contributed by atoms with Gasteiger partial charge in [0, 0.05) is 18.2 Å². The maximum atomic E-state index is 11.6. The summed E-state index contributed by atoms with van der Waals surface area (Å²) in [5, 5.41) is 6.58. The topological polar surface area (TPSA) is 64.4 Å². The number of aromatic nitrogens is 1. The van der Waals surface area contributed by atoms with Crippen LogP contribution in [0.1, 0.15) is 5.69 Å². The van der Waals surface area contributed by atoms with E-state index >= 15 is 0 Å². The Kier molecular flexibility index (Phi) is 4.55. The van der Waals surface area contributed by atoms with Crippen molar-refractivity contribution in [2.24, 2.45) is 0 Å². The molecule has 2 rings (SSSR count). The number of benzene rings is 1. The van der Waals surface area contributed by atoms with E-state index in [2.05, 4.69) is 17.1 Å². The van der Waals surface area contributed by atoms with E-state index in [0.717, 1.165) is 11.3 Å². The largest absolute Gasteiger partial charge is 0.497 e. The lowest BCUT2D eigenvalue weighted by Crippen LogP contribution is -2.24. The number of carbonyl (C=O) groups is 1. The molecule has 5 heteroatoms. The number of methoxy groups -OCH3 is 1. The Balaban J connectivity index is 2.08. The maximum absolute atomic E-state index is 11.6. The molecular formula is C15H16N2O3. The molecule has 0 saturated carbocycles. The van der Waals surface area contributed by atoms with Crippen LogP contribution >= 0.6 is 0 Å². The van der Waals surface area contributed by atoms with Crippen LogP contribution in [-0.2, 0) is 11.2 Å². The number of carbonyl (C=O) groups excluding carboxylic acids is 1. The first-order valence-electron chi connectivity index (χ1n) is 6.20. The highest BCUT2D eigenvalue weighted by molar-refractivity contribution is 5.78. The molecule has 0 saturated heterocycles. The number of ether oxygens (including phenoxy) is 1. The van der Waals surface area contributed by atoms with Crippen LogP contribution in [-0.4, -0.2) is 24.7 Å². The van der Waals surface area contributed by atoms with Crippen molar-refractivity contribution in [3.8, 4) is 17.1 Å². The van der Waals surface area contributed by atoms with Gasteiger partial charge in [-0.25, -0.2) is 0 Å². The average Bonchev–Trinajstić information content (AvgIpc) is 2.93. The van der Waals surface area contributed by atoms with Crippen LogP contribution in [0.2, 0.25) is 0 Å². The van der Waals surface area contributed by atoms with Crippen LogP contribution in [0.4, 0.5) is 0 Å². The van der Waals surface area contributed by atoms with E-state index in [0.29, 0.717) is 18.0 Å². The standard InChI is InChI=1S/C15H16N2O3/c1-3-7-16-15(18)10-12-9-14(20-17-12)11-5-4-6-13(8-11)19-2/h3-6,8-9H,1,7,10H2,2H3,(H,16,18). The molecule has 1 amide bonds. The second kappa shape index (κ2) is 6.56. The van der Waals surface area contributed by atoms with Crippen molar-refractivity contribution < 1.29 is 14.1 Å². The maximum Gasteiger partial charge on any atom is 0.226 e. The third-order valence-electron chi connectivity index (χ3n) is 2.70. The second-order valence-corrected chi connectivity index (χ2v) is 4.18. The average molecular weight is 272 g/mol. The Bertz CT molecular complexity index is 605. The molecule has 0 atom stereocenters. The van der Waals surface area contributed by atoms with Crippen LogP contribution in [0.25, 0.3) is 11.3 Å². The molecule has 5 nitrogen and oxygen atoms in total. The summed E-state index contributed by atoms with van der Waals surface area (Å²) < 4.78 is 10.4. The Morgan fingerprint density at radius 1 is 1.50 bits per heavy atom. The lowest BCUT2D eigenvalue weighted by molar-refractivity contribution is -0.120. The zero-order valence-corrected chi connectivity index (χ0v) is 11.3. The Morgan fingerprint density at radius 3 is 3.10 bits per heavy atom. The van der Waals surface area contributed by atoms with Crippen molar-refractivity contribution in [2.45, 2.75) is 6.42 Å². The van der Waals surface area contributed by atoms with Gasteiger partial charge in [0.15, 0.2) is 5.76 Å². The van der Waals surface area contributed by atoms with E-state index in [9.17, 15) is 4.79 Å². The lowest BCUT2D eigenvalue weighted by Gasteiger charge is -2.00. The highest BCUT2D eigenvalue weighted by Gasteiger charge is 2.10. The van der Waals surface area contributed by atoms with Gasteiger partial charge < -0.3 is 14.6 Å². The Labute approximate surface area is 117 Å². The molecule has 1 heterocycles. The molecule has 0 spiro atoms. The second-order valence-electron chi connectivity index (χ2n) is 4.18. The summed E-state index contributed by atoms with van der Waals surface area (Å²) in [5.41, 5.74) is 1.44. The normalized spacial score (nSPS) is 10.1. The molecule has 104 valence electrons. The van der Waals surface area contributed by atoms with Crippen LogP contribution < -0.4 is 10.1 Å². The monoisotopic (exact) mass is 272 g/mol. The number of rotatable bonds is 6. The summed E-state index contributed by atoms with van der Waals surface area (Å²) >= 11 is 0. The van der Waals surface area contributed by atoms with Crippen molar-refractivity contribution in [1.82, 2.24) is 10.5 Å². The SMILES string of the molecule is C=CCNC(=O)Cc1cc(-c2cccc(OC)c2)on1. The first-order chi connectivity index (χ1) is 9.72. The van der Waals surface area contributed by atoms with Gasteiger partial charge in [0.05, 0.1) is 19.2 Å². The number of hydrogen-bond donors (Lipinski definition) is 1. The van der Waals surface area contributed by atoms with Crippen molar-refractivity contribution in [2.75, 3.05) is 13.7 Å². The summed E-state index contributed by atoms with van der Waals surface area (Å²) in [4.78, 5) is 11.6. The van der Waals surface area contributed by atoms with Crippen molar-refractivity contribution >= 4 is 5.91 Å². The van der Waals surface area contributed by atoms with Gasteiger partial charge in [0.2, 0.25) is 5.91 Å². The van der Waals surface area contributed by atoms with E-state index in [-0.39, 0.29) is 12.3 Å². The first kappa shape index (κ1) is 13.9. The predicted octanol–water partition coefficient (Wildman–Crippen LogP) is 2.19. The minimum absolute atomic E-state index is 0.115. The summed E-state index contributed by atoms with van der Waals surface area (Å²) in [5.74, 6) is 1.23. The molecule has 0 aliphatic heterocycles. The molecule has 0 unspecified atom stereocenters. The van der Waals surface area contributed by atoms with Crippen LogP contribution in [0, 0.1) is 0 Å². The smallest absolute Gasteiger partial charge is 0.226 e. The van der Waals surface area contributed by atoms with Gasteiger partial charge in [-0.05, 0) is 12.1 Å². The third kappa shape index (κ3) is 3.47. The molecule has 1 aromatic heterocycles. The first-order valence-corrected chi connectivity index (χ1v) is 6.20. The zero-order valence-electron chi connectivity index (χ0n) is 11.3. The highest BCUT2D eigenvalue weighted by atomic mass is 16.5. The van der Waals surface area contributed by atoms with Crippen LogP contribution in [0.3, 0.4) is 0 Å². The van der Waals surface area contributed by atoms with Crippen molar-refractivity contribution in [3.63, 3.8) is 0 Å². The van der Waals surface area contributed by atoms with Gasteiger partial charge >= 0.3 is 0 Å². The van der Waals surface area contributed by atoms with Gasteiger partial charge in [-0.2, -0.15) is 0 Å². The number of hydrogen-bond acceptors (Lipinski definition) is 4. The van der Waals surface area contributed by atoms with Gasteiger partial charge in [0.1, 0.15) is 5.75 Å². The molecule has 1 N–H and O–H groups in total. The molecule has 1 aromatic carbocycles. The lowest BCUT2D eigenvalue weighted by atomic mass is 10.1. The molecule has 0 aliphatic carbocycles. The van der Waals surface area contributed by atoms with Crippen molar-refractivity contribution in [1.29, 1.82) is 0 Å². The molecular weight excluding hydrogens is 256 g/mol. The summed E-state index contributed by atoms with van der Waals surface area (Å²) in [6, 6.07) is 9.21. The third-order valence-corrected chi connectivity index (χ3v) is 2.70. The van der Waals surface area contributed by atoms with Crippen LogP contribution in [0.15, 0.2) is 47.5 Å². The number of nitrogens with one attached hydrogen (secondary N) is 1. The minimum atomic E-state index is -0.115. The van der Waals surface area contributed by atoms with Gasteiger partial charge in [-0.3, -0.25) is 4.79 Å². The fourth-order valence-corrected chi connectivity index (χ4v) is 1.72. The quantitative estimate of drug-likeness (QED) is 0.819. The zero-order chi connectivity index (χ0) is 14.4. The molecule has 0 fully saturated rings. The van der Waals surface area contributed by atoms with E-state index in [1.807, 2.05) is 24.3 Å². The van der Waals surface area contributed by atoms with E-state index in [1.165, 1.54) is 0 Å². The van der Waals surface area contributed by atoms with E-state index in [4.69, 9.17) is 9.26 Å². The Hall–Kier alpha value is -2.56. The summed E-state index contributed by atoms with van der Waals surface area (Å²) in [6.07, 6.45) is 1.81. The molecule has 0 radical (unpaired) electrons. The van der Waals surface area contributed by atoms with E-state index < -0.39 is 0 Å². The highest BCUT2D eigenvalue weighted by Crippen LogP contribution is 2.24. The fraction of sp³-hybridized carbons (Fsp3) is 0.200. The number of amides is 1. The predicted molar refractivity (Wildman–Crippen MR) is 75.4 cm³/mol. The van der Waals surface area contributed by atoms with Gasteiger partial charge in [0.25, 0.3) is 0 Å². The molecule has 20 heavy (non-hydrogen) atoms.